The Hall–Kier alpha value is -3.09. The van der Waals surface area contributed by atoms with Crippen LogP contribution in [0.1, 0.15) is 12.0 Å². The van der Waals surface area contributed by atoms with E-state index in [1.165, 1.54) is 0 Å². The standard InChI is InChI=1S/C23H30N2O5/c1-27-19-8-6-5-7-18(19)24-11-13-25(14-12-24)22(26)10-9-17-15-20(28-2)23(30-4)21(16-17)29-3/h5-8,15-16H,9-14H2,1-4H3. The monoisotopic (exact) mass is 414 g/mol. The highest BCUT2D eigenvalue weighted by molar-refractivity contribution is 5.77. The molecule has 3 rings (SSSR count). The van der Waals surface area contributed by atoms with Gasteiger partial charge in [-0.1, -0.05) is 12.1 Å². The lowest BCUT2D eigenvalue weighted by Crippen LogP contribution is -2.48. The number of hydrogen-bond donors (Lipinski definition) is 0. The number of piperazine rings is 1. The molecule has 0 aromatic heterocycles. The Morgan fingerprint density at radius 2 is 1.43 bits per heavy atom. The van der Waals surface area contributed by atoms with Gasteiger partial charge >= 0.3 is 0 Å². The van der Waals surface area contributed by atoms with Crippen molar-refractivity contribution in [3.63, 3.8) is 0 Å². The highest BCUT2D eigenvalue weighted by Gasteiger charge is 2.23. The predicted molar refractivity (Wildman–Crippen MR) is 116 cm³/mol. The quantitative estimate of drug-likeness (QED) is 0.662. The van der Waals surface area contributed by atoms with Crippen LogP contribution in [0, 0.1) is 0 Å². The predicted octanol–water partition coefficient (Wildman–Crippen LogP) is 3.00. The molecular formula is C23H30N2O5. The molecule has 162 valence electrons. The van der Waals surface area contributed by atoms with Crippen molar-refractivity contribution in [2.75, 3.05) is 59.5 Å². The zero-order chi connectivity index (χ0) is 21.5. The average Bonchev–Trinajstić information content (AvgIpc) is 2.81. The van der Waals surface area contributed by atoms with Crippen molar-refractivity contribution >= 4 is 11.6 Å². The number of rotatable bonds is 8. The molecule has 1 heterocycles. The molecule has 0 radical (unpaired) electrons. The molecule has 7 heteroatoms. The van der Waals surface area contributed by atoms with Crippen LogP contribution in [0.15, 0.2) is 36.4 Å². The summed E-state index contributed by atoms with van der Waals surface area (Å²) in [5.74, 6) is 2.78. The molecular weight excluding hydrogens is 384 g/mol. The summed E-state index contributed by atoms with van der Waals surface area (Å²) in [7, 11) is 6.44. The van der Waals surface area contributed by atoms with Gasteiger partial charge in [-0.05, 0) is 36.2 Å². The van der Waals surface area contributed by atoms with Gasteiger partial charge in [0.1, 0.15) is 5.75 Å². The fourth-order valence-electron chi connectivity index (χ4n) is 3.78. The minimum Gasteiger partial charge on any atom is -0.495 e. The van der Waals surface area contributed by atoms with E-state index in [1.807, 2.05) is 35.2 Å². The van der Waals surface area contributed by atoms with Crippen LogP contribution in [0.4, 0.5) is 5.69 Å². The van der Waals surface area contributed by atoms with Crippen molar-refractivity contribution in [3.8, 4) is 23.0 Å². The third-order valence-electron chi connectivity index (χ3n) is 5.41. The lowest BCUT2D eigenvalue weighted by molar-refractivity contribution is -0.131. The lowest BCUT2D eigenvalue weighted by atomic mass is 10.1. The van der Waals surface area contributed by atoms with Crippen molar-refractivity contribution < 1.29 is 23.7 Å². The molecule has 0 atom stereocenters. The minimum absolute atomic E-state index is 0.156. The van der Waals surface area contributed by atoms with Crippen LogP contribution in [-0.2, 0) is 11.2 Å². The first-order chi connectivity index (χ1) is 14.6. The Morgan fingerprint density at radius 1 is 0.833 bits per heavy atom. The fraction of sp³-hybridized carbons (Fsp3) is 0.435. The first-order valence-electron chi connectivity index (χ1n) is 10.1. The maximum atomic E-state index is 12.8. The number of carbonyl (C=O) groups is 1. The second-order valence-corrected chi connectivity index (χ2v) is 7.07. The Kier molecular flexibility index (Phi) is 7.27. The number of amides is 1. The van der Waals surface area contributed by atoms with Crippen LogP contribution in [-0.4, -0.2) is 65.4 Å². The summed E-state index contributed by atoms with van der Waals surface area (Å²) in [5, 5.41) is 0. The normalized spacial score (nSPS) is 13.7. The molecule has 1 aliphatic heterocycles. The van der Waals surface area contributed by atoms with Crippen molar-refractivity contribution in [1.82, 2.24) is 4.90 Å². The number of nitrogens with zero attached hydrogens (tertiary/aromatic N) is 2. The third-order valence-corrected chi connectivity index (χ3v) is 5.41. The molecule has 0 saturated carbocycles. The summed E-state index contributed by atoms with van der Waals surface area (Å²) < 4.78 is 21.6. The van der Waals surface area contributed by atoms with E-state index < -0.39 is 0 Å². The van der Waals surface area contributed by atoms with Crippen LogP contribution in [0.5, 0.6) is 23.0 Å². The average molecular weight is 415 g/mol. The largest absolute Gasteiger partial charge is 0.495 e. The number of methoxy groups -OCH3 is 4. The van der Waals surface area contributed by atoms with Gasteiger partial charge in [-0.15, -0.1) is 0 Å². The maximum absolute atomic E-state index is 12.8. The summed E-state index contributed by atoms with van der Waals surface area (Å²) in [6.45, 7) is 2.98. The van der Waals surface area contributed by atoms with Gasteiger partial charge in [-0.3, -0.25) is 4.79 Å². The highest BCUT2D eigenvalue weighted by atomic mass is 16.5. The Labute approximate surface area is 178 Å². The zero-order valence-electron chi connectivity index (χ0n) is 18.1. The highest BCUT2D eigenvalue weighted by Crippen LogP contribution is 2.38. The van der Waals surface area contributed by atoms with Crippen LogP contribution >= 0.6 is 0 Å². The van der Waals surface area contributed by atoms with Gasteiger partial charge in [0.25, 0.3) is 0 Å². The second kappa shape index (κ2) is 10.1. The smallest absolute Gasteiger partial charge is 0.223 e. The molecule has 1 amide bonds. The van der Waals surface area contributed by atoms with Gasteiger partial charge in [-0.2, -0.15) is 0 Å². The first kappa shape index (κ1) is 21.6. The summed E-state index contributed by atoms with van der Waals surface area (Å²) in [6, 6.07) is 11.8. The number of aryl methyl sites for hydroxylation is 1. The number of benzene rings is 2. The number of para-hydroxylation sites is 2. The summed E-state index contributed by atoms with van der Waals surface area (Å²) in [5.41, 5.74) is 2.05. The number of carbonyl (C=O) groups excluding carboxylic acids is 1. The molecule has 1 fully saturated rings. The molecule has 0 N–H and O–H groups in total. The Morgan fingerprint density at radius 3 is 2.00 bits per heavy atom. The van der Waals surface area contributed by atoms with Crippen LogP contribution in [0.3, 0.4) is 0 Å². The number of ether oxygens (including phenoxy) is 4. The van der Waals surface area contributed by atoms with Gasteiger partial charge < -0.3 is 28.7 Å². The van der Waals surface area contributed by atoms with Crippen LogP contribution in [0.2, 0.25) is 0 Å². The lowest BCUT2D eigenvalue weighted by Gasteiger charge is -2.36. The molecule has 2 aromatic carbocycles. The molecule has 7 nitrogen and oxygen atoms in total. The minimum atomic E-state index is 0.156. The van der Waals surface area contributed by atoms with E-state index in [4.69, 9.17) is 18.9 Å². The summed E-state index contributed by atoms with van der Waals surface area (Å²) >= 11 is 0. The SMILES string of the molecule is COc1ccccc1N1CCN(C(=O)CCc2cc(OC)c(OC)c(OC)c2)CC1. The van der Waals surface area contributed by atoms with Gasteiger partial charge in [0, 0.05) is 32.6 Å². The molecule has 0 aliphatic carbocycles. The van der Waals surface area contributed by atoms with Crippen LogP contribution < -0.4 is 23.8 Å². The molecule has 0 spiro atoms. The van der Waals surface area contributed by atoms with Crippen molar-refractivity contribution in [2.24, 2.45) is 0 Å². The number of hydrogen-bond acceptors (Lipinski definition) is 6. The van der Waals surface area contributed by atoms with E-state index in [9.17, 15) is 4.79 Å². The van der Waals surface area contributed by atoms with E-state index in [0.29, 0.717) is 43.2 Å². The van der Waals surface area contributed by atoms with Crippen LogP contribution in [0.25, 0.3) is 0 Å². The molecule has 30 heavy (non-hydrogen) atoms. The molecule has 1 aliphatic rings. The van der Waals surface area contributed by atoms with Gasteiger partial charge in [0.05, 0.1) is 34.1 Å². The first-order valence-corrected chi connectivity index (χ1v) is 10.1. The van der Waals surface area contributed by atoms with E-state index >= 15 is 0 Å². The Bertz CT molecular complexity index is 837. The molecule has 1 saturated heterocycles. The Balaban J connectivity index is 1.58. The molecule has 2 aromatic rings. The third kappa shape index (κ3) is 4.72. The van der Waals surface area contributed by atoms with E-state index in [-0.39, 0.29) is 5.91 Å². The van der Waals surface area contributed by atoms with E-state index in [2.05, 4.69) is 11.0 Å². The van der Waals surface area contributed by atoms with Gasteiger partial charge in [0.2, 0.25) is 11.7 Å². The number of anilines is 1. The van der Waals surface area contributed by atoms with Crippen molar-refractivity contribution in [2.45, 2.75) is 12.8 Å². The van der Waals surface area contributed by atoms with Crippen molar-refractivity contribution in [3.05, 3.63) is 42.0 Å². The van der Waals surface area contributed by atoms with E-state index in [1.54, 1.807) is 28.4 Å². The summed E-state index contributed by atoms with van der Waals surface area (Å²) in [6.07, 6.45) is 1.05. The molecule has 0 unspecified atom stereocenters. The van der Waals surface area contributed by atoms with Gasteiger partial charge in [0.15, 0.2) is 11.5 Å². The van der Waals surface area contributed by atoms with Crippen molar-refractivity contribution in [1.29, 1.82) is 0 Å². The fourth-order valence-corrected chi connectivity index (χ4v) is 3.78. The zero-order valence-corrected chi connectivity index (χ0v) is 18.1. The van der Waals surface area contributed by atoms with E-state index in [0.717, 1.165) is 30.1 Å². The van der Waals surface area contributed by atoms with Gasteiger partial charge in [-0.25, -0.2) is 0 Å². The molecule has 0 bridgehead atoms. The summed E-state index contributed by atoms with van der Waals surface area (Å²) in [4.78, 5) is 17.0. The maximum Gasteiger partial charge on any atom is 0.223 e. The second-order valence-electron chi connectivity index (χ2n) is 7.07. The topological polar surface area (TPSA) is 60.5 Å².